The van der Waals surface area contributed by atoms with E-state index in [1.54, 1.807) is 4.57 Å². The van der Waals surface area contributed by atoms with Gasteiger partial charge >= 0.3 is 0 Å². The van der Waals surface area contributed by atoms with Crippen LogP contribution < -0.4 is 24.4 Å². The zero-order valence-electron chi connectivity index (χ0n) is 24.1. The molecule has 2 heterocycles. The molecule has 1 aromatic heterocycles. The van der Waals surface area contributed by atoms with Crippen molar-refractivity contribution in [3.63, 3.8) is 0 Å². The molecule has 224 valence electrons. The molecule has 0 saturated heterocycles. The molecular formula is C35H26ClN3O5S. The average Bonchev–Trinajstić information content (AvgIpc) is 3.37. The largest absolute Gasteiger partial charge is 0.493 e. The van der Waals surface area contributed by atoms with E-state index in [-0.39, 0.29) is 29.2 Å². The Morgan fingerprint density at radius 3 is 2.56 bits per heavy atom. The van der Waals surface area contributed by atoms with E-state index in [0.29, 0.717) is 20.1 Å². The third-order valence-electron chi connectivity index (χ3n) is 8.11. The molecular weight excluding hydrogens is 610 g/mol. The fourth-order valence-corrected chi connectivity index (χ4v) is 7.21. The molecule has 0 amide bonds. The second kappa shape index (κ2) is 11.8. The van der Waals surface area contributed by atoms with Crippen molar-refractivity contribution < 1.29 is 14.4 Å². The van der Waals surface area contributed by atoms with E-state index in [4.69, 9.17) is 26.1 Å². The SMILES string of the molecule is COc1cc(/C=c2\sc3n(c2=O)C(c2ccccc2Cl)C2=C(N=3)c3ccccc3CC2)c([N+](=O)[O-])cc1OCc1ccccc1. The number of methoxy groups -OCH3 is 1. The van der Waals surface area contributed by atoms with E-state index < -0.39 is 11.0 Å². The number of benzene rings is 4. The molecule has 2 aliphatic rings. The fourth-order valence-electron chi connectivity index (χ4n) is 5.98. The topological polar surface area (TPSA) is 96.0 Å². The Morgan fingerprint density at radius 2 is 1.78 bits per heavy atom. The van der Waals surface area contributed by atoms with Gasteiger partial charge in [-0.25, -0.2) is 4.99 Å². The molecule has 1 atom stereocenters. The zero-order valence-corrected chi connectivity index (χ0v) is 25.7. The number of aromatic nitrogens is 1. The summed E-state index contributed by atoms with van der Waals surface area (Å²) in [6.07, 6.45) is 3.08. The minimum absolute atomic E-state index is 0.208. The highest BCUT2D eigenvalue weighted by molar-refractivity contribution is 7.07. The minimum atomic E-state index is -0.486. The van der Waals surface area contributed by atoms with E-state index >= 15 is 0 Å². The van der Waals surface area contributed by atoms with E-state index in [1.165, 1.54) is 42.2 Å². The van der Waals surface area contributed by atoms with E-state index in [9.17, 15) is 14.9 Å². The number of hydrogen-bond acceptors (Lipinski definition) is 7. The number of aryl methyl sites for hydroxylation is 1. The molecule has 1 unspecified atom stereocenters. The summed E-state index contributed by atoms with van der Waals surface area (Å²) in [5, 5.41) is 12.8. The number of nitro benzene ring substituents is 1. The number of rotatable bonds is 7. The lowest BCUT2D eigenvalue weighted by Gasteiger charge is -2.31. The number of allylic oxidation sites excluding steroid dienone is 1. The standard InChI is InChI=1S/C35H26ClN3O5S/c1-43-29-17-23(28(39(41)42)19-30(29)44-20-21-9-3-2-4-10-21)18-31-34(40)38-33(25-13-7-8-14-27(25)36)26-16-15-22-11-5-6-12-24(22)32(26)37-35(38)45-31/h2-14,17-19,33H,15-16,20H2,1H3/b31-18-. The van der Waals surface area contributed by atoms with Crippen LogP contribution >= 0.6 is 22.9 Å². The number of fused-ring (bicyclic) bond motifs is 3. The second-order valence-electron chi connectivity index (χ2n) is 10.7. The van der Waals surface area contributed by atoms with Crippen LogP contribution in [0.3, 0.4) is 0 Å². The summed E-state index contributed by atoms with van der Waals surface area (Å²) in [5.74, 6) is 0.549. The molecule has 8 nitrogen and oxygen atoms in total. The smallest absolute Gasteiger partial charge is 0.280 e. The van der Waals surface area contributed by atoms with Crippen molar-refractivity contribution in [1.29, 1.82) is 0 Å². The predicted octanol–water partition coefficient (Wildman–Crippen LogP) is 6.47. The summed E-state index contributed by atoms with van der Waals surface area (Å²) >= 11 is 7.93. The Bertz CT molecular complexity index is 2190. The van der Waals surface area contributed by atoms with Crippen LogP contribution in [0.1, 0.15) is 40.3 Å². The van der Waals surface area contributed by atoms with Crippen molar-refractivity contribution in [1.82, 2.24) is 4.57 Å². The first-order chi connectivity index (χ1) is 21.9. The number of nitro groups is 1. The summed E-state index contributed by atoms with van der Waals surface area (Å²) < 4.78 is 13.5. The van der Waals surface area contributed by atoms with Gasteiger partial charge in [0.2, 0.25) is 0 Å². The van der Waals surface area contributed by atoms with Crippen molar-refractivity contribution in [2.24, 2.45) is 4.99 Å². The van der Waals surface area contributed by atoms with Gasteiger partial charge in [-0.05, 0) is 53.3 Å². The molecule has 5 aromatic rings. The molecule has 0 N–H and O–H groups in total. The first kappa shape index (κ1) is 28.8. The first-order valence-corrected chi connectivity index (χ1v) is 15.5. The van der Waals surface area contributed by atoms with Gasteiger partial charge in [0.25, 0.3) is 11.2 Å². The van der Waals surface area contributed by atoms with E-state index in [0.717, 1.165) is 40.8 Å². The van der Waals surface area contributed by atoms with Crippen LogP contribution in [0, 0.1) is 10.1 Å². The average molecular weight is 636 g/mol. The number of hydrogen-bond donors (Lipinski definition) is 0. The molecule has 4 aromatic carbocycles. The van der Waals surface area contributed by atoms with Gasteiger partial charge in [0.05, 0.1) is 39.9 Å². The summed E-state index contributed by atoms with van der Waals surface area (Å²) in [5.41, 5.74) is 5.54. The maximum atomic E-state index is 14.2. The van der Waals surface area contributed by atoms with E-state index in [1.807, 2.05) is 66.7 Å². The van der Waals surface area contributed by atoms with Gasteiger partial charge in [0.15, 0.2) is 16.3 Å². The predicted molar refractivity (Wildman–Crippen MR) is 175 cm³/mol. The maximum absolute atomic E-state index is 14.2. The van der Waals surface area contributed by atoms with Gasteiger partial charge in [-0.15, -0.1) is 0 Å². The van der Waals surface area contributed by atoms with Crippen LogP contribution in [0.25, 0.3) is 11.8 Å². The van der Waals surface area contributed by atoms with Gasteiger partial charge in [-0.3, -0.25) is 19.5 Å². The van der Waals surface area contributed by atoms with Gasteiger partial charge in [-0.1, -0.05) is 95.7 Å². The Morgan fingerprint density at radius 1 is 1.02 bits per heavy atom. The van der Waals surface area contributed by atoms with Crippen molar-refractivity contribution in [3.05, 3.63) is 159 Å². The molecule has 1 aliphatic heterocycles. The Hall–Kier alpha value is -4.99. The van der Waals surface area contributed by atoms with Crippen molar-refractivity contribution in [2.45, 2.75) is 25.5 Å². The molecule has 0 radical (unpaired) electrons. The lowest BCUT2D eigenvalue weighted by molar-refractivity contribution is -0.385. The van der Waals surface area contributed by atoms with Crippen molar-refractivity contribution in [3.8, 4) is 11.5 Å². The molecule has 0 saturated carbocycles. The lowest BCUT2D eigenvalue weighted by atomic mass is 9.83. The Labute approximate surface area is 266 Å². The third kappa shape index (κ3) is 5.24. The Kier molecular flexibility index (Phi) is 7.56. The first-order valence-electron chi connectivity index (χ1n) is 14.3. The zero-order chi connectivity index (χ0) is 31.1. The van der Waals surface area contributed by atoms with Crippen LogP contribution in [0.2, 0.25) is 5.02 Å². The van der Waals surface area contributed by atoms with Crippen LogP contribution in [-0.2, 0) is 13.0 Å². The number of thiazole rings is 1. The van der Waals surface area contributed by atoms with Crippen LogP contribution in [0.4, 0.5) is 5.69 Å². The van der Waals surface area contributed by atoms with Crippen LogP contribution in [-0.4, -0.2) is 16.6 Å². The van der Waals surface area contributed by atoms with Gasteiger partial charge < -0.3 is 9.47 Å². The normalized spacial score (nSPS) is 15.5. The summed E-state index contributed by atoms with van der Waals surface area (Å²) in [7, 11) is 1.47. The lowest BCUT2D eigenvalue weighted by Crippen LogP contribution is -2.38. The summed E-state index contributed by atoms with van der Waals surface area (Å²) in [6.45, 7) is 0.210. The summed E-state index contributed by atoms with van der Waals surface area (Å²) in [4.78, 5) is 31.5. The number of halogens is 1. The number of nitrogens with zero attached hydrogens (tertiary/aromatic N) is 3. The van der Waals surface area contributed by atoms with E-state index in [2.05, 4.69) is 12.1 Å². The molecule has 0 fully saturated rings. The highest BCUT2D eigenvalue weighted by Gasteiger charge is 2.33. The van der Waals surface area contributed by atoms with Crippen LogP contribution in [0.5, 0.6) is 11.5 Å². The maximum Gasteiger partial charge on any atom is 0.280 e. The second-order valence-corrected chi connectivity index (χ2v) is 12.1. The Balaban J connectivity index is 1.39. The van der Waals surface area contributed by atoms with Gasteiger partial charge in [0.1, 0.15) is 6.61 Å². The monoisotopic (exact) mass is 635 g/mol. The molecule has 0 spiro atoms. The summed E-state index contributed by atoms with van der Waals surface area (Å²) in [6, 6.07) is 27.6. The minimum Gasteiger partial charge on any atom is -0.493 e. The highest BCUT2D eigenvalue weighted by atomic mass is 35.5. The molecule has 0 bridgehead atoms. The molecule has 1 aliphatic carbocycles. The van der Waals surface area contributed by atoms with Crippen molar-refractivity contribution >= 4 is 40.4 Å². The molecule has 10 heteroatoms. The van der Waals surface area contributed by atoms with Gasteiger partial charge in [-0.2, -0.15) is 0 Å². The molecule has 45 heavy (non-hydrogen) atoms. The highest BCUT2D eigenvalue weighted by Crippen LogP contribution is 2.43. The van der Waals surface area contributed by atoms with Gasteiger partial charge in [0, 0.05) is 10.6 Å². The quantitative estimate of drug-likeness (QED) is 0.151. The third-order valence-corrected chi connectivity index (χ3v) is 9.43. The fraction of sp³-hybridized carbons (Fsp3) is 0.143. The molecule has 7 rings (SSSR count). The number of ether oxygens (including phenoxy) is 2. The van der Waals surface area contributed by atoms with Crippen molar-refractivity contribution in [2.75, 3.05) is 7.11 Å². The van der Waals surface area contributed by atoms with Crippen LogP contribution in [0.15, 0.2) is 106 Å².